The molecule has 1 atom stereocenters. The molecule has 1 aliphatic heterocycles. The van der Waals surface area contributed by atoms with Crippen LogP contribution in [0.1, 0.15) is 29.9 Å². The number of para-hydroxylation sites is 1. The maximum absolute atomic E-state index is 13.2. The van der Waals surface area contributed by atoms with Crippen LogP contribution in [0.5, 0.6) is 0 Å². The number of carbonyl (C=O) groups excluding carboxylic acids is 1. The van der Waals surface area contributed by atoms with Crippen LogP contribution >= 0.6 is 0 Å². The van der Waals surface area contributed by atoms with E-state index in [9.17, 15) is 9.59 Å². The molecule has 4 rings (SSSR count). The number of amides is 1. The van der Waals surface area contributed by atoms with Crippen molar-refractivity contribution in [1.82, 2.24) is 19.4 Å². The van der Waals surface area contributed by atoms with Crippen molar-refractivity contribution < 1.29 is 4.79 Å². The molecule has 2 heterocycles. The zero-order valence-corrected chi connectivity index (χ0v) is 17.8. The Hall–Kier alpha value is -3.50. The van der Waals surface area contributed by atoms with Crippen molar-refractivity contribution in [3.8, 4) is 6.07 Å². The predicted molar refractivity (Wildman–Crippen MR) is 118 cm³/mol. The average Bonchev–Trinajstić information content (AvgIpc) is 2.79. The van der Waals surface area contributed by atoms with Gasteiger partial charge in [-0.1, -0.05) is 24.3 Å². The summed E-state index contributed by atoms with van der Waals surface area (Å²) in [5.41, 5.74) is 2.28. The second kappa shape index (κ2) is 8.70. The second-order valence-electron chi connectivity index (χ2n) is 7.94. The molecule has 0 radical (unpaired) electrons. The van der Waals surface area contributed by atoms with Gasteiger partial charge in [0.1, 0.15) is 11.9 Å². The van der Waals surface area contributed by atoms with E-state index in [4.69, 9.17) is 5.26 Å². The minimum absolute atomic E-state index is 0.0553. The number of fused-ring (bicyclic) bond motifs is 1. The molecule has 3 aromatic rings. The van der Waals surface area contributed by atoms with E-state index in [2.05, 4.69) is 16.0 Å². The normalized spacial score (nSPS) is 15.6. The third kappa shape index (κ3) is 4.21. The van der Waals surface area contributed by atoms with E-state index in [1.165, 1.54) is 4.57 Å². The smallest absolute Gasteiger partial charge is 0.262 e. The minimum Gasteiger partial charge on any atom is -0.338 e. The molecule has 1 aromatic heterocycles. The largest absolute Gasteiger partial charge is 0.338 e. The summed E-state index contributed by atoms with van der Waals surface area (Å²) in [7, 11) is 0. The average molecular weight is 415 g/mol. The van der Waals surface area contributed by atoms with Gasteiger partial charge in [-0.25, -0.2) is 4.98 Å². The zero-order chi connectivity index (χ0) is 22.0. The number of aryl methyl sites for hydroxylation is 1. The molecule has 7 nitrogen and oxygen atoms in total. The van der Waals surface area contributed by atoms with E-state index < -0.39 is 6.04 Å². The lowest BCUT2D eigenvalue weighted by Crippen LogP contribution is -2.50. The highest BCUT2D eigenvalue weighted by molar-refractivity contribution is 5.82. The van der Waals surface area contributed by atoms with Crippen LogP contribution in [0.2, 0.25) is 0 Å². The predicted octanol–water partition coefficient (Wildman–Crippen LogP) is 2.48. The van der Waals surface area contributed by atoms with E-state index in [1.807, 2.05) is 47.4 Å². The van der Waals surface area contributed by atoms with Gasteiger partial charge in [0.05, 0.1) is 22.5 Å². The maximum atomic E-state index is 13.2. The van der Waals surface area contributed by atoms with Crippen LogP contribution in [0.25, 0.3) is 10.9 Å². The third-order valence-corrected chi connectivity index (χ3v) is 5.90. The Morgan fingerprint density at radius 1 is 1.10 bits per heavy atom. The van der Waals surface area contributed by atoms with Crippen molar-refractivity contribution in [3.05, 3.63) is 75.8 Å². The van der Waals surface area contributed by atoms with Gasteiger partial charge >= 0.3 is 0 Å². The molecule has 0 saturated carbocycles. The van der Waals surface area contributed by atoms with Gasteiger partial charge in [-0.05, 0) is 43.7 Å². The van der Waals surface area contributed by atoms with Crippen LogP contribution < -0.4 is 5.56 Å². The Morgan fingerprint density at radius 2 is 1.77 bits per heavy atom. The summed E-state index contributed by atoms with van der Waals surface area (Å²) < 4.78 is 1.51. The monoisotopic (exact) mass is 415 g/mol. The summed E-state index contributed by atoms with van der Waals surface area (Å²) >= 11 is 0. The molecule has 158 valence electrons. The summed E-state index contributed by atoms with van der Waals surface area (Å²) in [6.07, 6.45) is 0. The highest BCUT2D eigenvalue weighted by atomic mass is 16.2. The molecule has 1 amide bonds. The first kappa shape index (κ1) is 20.8. The van der Waals surface area contributed by atoms with Crippen LogP contribution in [0, 0.1) is 18.3 Å². The zero-order valence-electron chi connectivity index (χ0n) is 17.8. The molecule has 0 aliphatic carbocycles. The first-order valence-corrected chi connectivity index (χ1v) is 10.5. The number of hydrogen-bond acceptors (Lipinski definition) is 5. The van der Waals surface area contributed by atoms with E-state index in [-0.39, 0.29) is 11.5 Å². The van der Waals surface area contributed by atoms with Crippen molar-refractivity contribution >= 4 is 16.8 Å². The first-order chi connectivity index (χ1) is 15.0. The van der Waals surface area contributed by atoms with Gasteiger partial charge in [-0.15, -0.1) is 0 Å². The molecule has 0 bridgehead atoms. The Bertz CT molecular complexity index is 1200. The van der Waals surface area contributed by atoms with Crippen molar-refractivity contribution in [1.29, 1.82) is 5.26 Å². The van der Waals surface area contributed by atoms with Crippen molar-refractivity contribution in [2.75, 3.05) is 26.2 Å². The fraction of sp³-hybridized carbons (Fsp3) is 0.333. The van der Waals surface area contributed by atoms with Gasteiger partial charge in [-0.3, -0.25) is 19.1 Å². The molecule has 0 N–H and O–H groups in total. The number of hydrogen-bond donors (Lipinski definition) is 0. The summed E-state index contributed by atoms with van der Waals surface area (Å²) in [5.74, 6) is 0.490. The third-order valence-electron chi connectivity index (χ3n) is 5.90. The number of piperazine rings is 1. The first-order valence-electron chi connectivity index (χ1n) is 10.5. The van der Waals surface area contributed by atoms with Crippen molar-refractivity contribution in [2.45, 2.75) is 26.4 Å². The fourth-order valence-corrected chi connectivity index (χ4v) is 4.16. The van der Waals surface area contributed by atoms with Gasteiger partial charge < -0.3 is 4.90 Å². The maximum Gasteiger partial charge on any atom is 0.262 e. The number of rotatable bonds is 4. The molecular weight excluding hydrogens is 390 g/mol. The van der Waals surface area contributed by atoms with E-state index in [1.54, 1.807) is 19.9 Å². The SMILES string of the molecule is Cc1nc2ccccc2c(=O)n1[C@H](C)C(=O)N1CCN(Cc2ccc(C#N)cc2)CC1. The number of carbonyl (C=O) groups is 1. The number of nitriles is 1. The molecule has 0 unspecified atom stereocenters. The lowest BCUT2D eigenvalue weighted by atomic mass is 10.1. The molecule has 1 saturated heterocycles. The Morgan fingerprint density at radius 3 is 2.45 bits per heavy atom. The van der Waals surface area contributed by atoms with Crippen LogP contribution in [0.3, 0.4) is 0 Å². The summed E-state index contributed by atoms with van der Waals surface area (Å²) in [5, 5.41) is 9.45. The minimum atomic E-state index is -0.602. The quantitative estimate of drug-likeness (QED) is 0.654. The van der Waals surface area contributed by atoms with E-state index in [0.29, 0.717) is 35.4 Å². The fourth-order valence-electron chi connectivity index (χ4n) is 4.16. The van der Waals surface area contributed by atoms with Crippen LogP contribution in [0.4, 0.5) is 0 Å². The highest BCUT2D eigenvalue weighted by Gasteiger charge is 2.27. The summed E-state index contributed by atoms with van der Waals surface area (Å²) in [6.45, 7) is 7.10. The Kier molecular flexibility index (Phi) is 5.83. The molecule has 0 spiro atoms. The van der Waals surface area contributed by atoms with Gasteiger partial charge in [0, 0.05) is 32.7 Å². The van der Waals surface area contributed by atoms with Gasteiger partial charge in [0.15, 0.2) is 0 Å². The summed E-state index contributed by atoms with van der Waals surface area (Å²) in [4.78, 5) is 34.8. The standard InChI is InChI=1S/C24H25N5O2/c1-17(29-18(2)26-22-6-4-3-5-21(22)24(29)31)23(30)28-13-11-27(12-14-28)16-20-9-7-19(15-25)8-10-20/h3-10,17H,11-14,16H2,1-2H3/t17-/m1/s1. The van der Waals surface area contributed by atoms with Gasteiger partial charge in [-0.2, -0.15) is 5.26 Å². The highest BCUT2D eigenvalue weighted by Crippen LogP contribution is 2.16. The second-order valence-corrected chi connectivity index (χ2v) is 7.94. The molecule has 2 aromatic carbocycles. The Balaban J connectivity index is 1.43. The molecular formula is C24H25N5O2. The molecule has 7 heteroatoms. The summed E-state index contributed by atoms with van der Waals surface area (Å²) in [6, 6.07) is 16.4. The van der Waals surface area contributed by atoms with Gasteiger partial charge in [0.25, 0.3) is 5.56 Å². The van der Waals surface area contributed by atoms with Crippen molar-refractivity contribution in [2.24, 2.45) is 0 Å². The number of nitrogens with zero attached hydrogens (tertiary/aromatic N) is 5. The van der Waals surface area contributed by atoms with Gasteiger partial charge in [0.2, 0.25) is 5.91 Å². The Labute approximate surface area is 181 Å². The lowest BCUT2D eigenvalue weighted by Gasteiger charge is -2.36. The van der Waals surface area contributed by atoms with Crippen LogP contribution in [-0.4, -0.2) is 51.4 Å². The molecule has 1 aliphatic rings. The number of benzene rings is 2. The van der Waals surface area contributed by atoms with E-state index in [0.717, 1.165) is 25.2 Å². The molecule has 1 fully saturated rings. The van der Waals surface area contributed by atoms with Crippen LogP contribution in [0.15, 0.2) is 53.3 Å². The topological polar surface area (TPSA) is 82.2 Å². The number of aromatic nitrogens is 2. The van der Waals surface area contributed by atoms with E-state index >= 15 is 0 Å². The van der Waals surface area contributed by atoms with Crippen molar-refractivity contribution in [3.63, 3.8) is 0 Å². The van der Waals surface area contributed by atoms with Crippen LogP contribution in [-0.2, 0) is 11.3 Å². The lowest BCUT2D eigenvalue weighted by molar-refractivity contribution is -0.136. The molecule has 31 heavy (non-hydrogen) atoms.